The number of anilines is 1. The van der Waals surface area contributed by atoms with Crippen LogP contribution >= 0.6 is 12.4 Å². The third kappa shape index (κ3) is 4.62. The molecule has 164 valence electrons. The molecular formula is C23H27ClN4O3. The van der Waals surface area contributed by atoms with Gasteiger partial charge in [0.25, 0.3) is 5.91 Å². The van der Waals surface area contributed by atoms with Crippen LogP contribution in [0.15, 0.2) is 30.5 Å². The maximum absolute atomic E-state index is 12.6. The molecule has 0 radical (unpaired) electrons. The van der Waals surface area contributed by atoms with Gasteiger partial charge in [-0.2, -0.15) is 0 Å². The Balaban J connectivity index is 0.00000231. The number of carbonyl (C=O) groups is 2. The lowest BCUT2D eigenvalue weighted by molar-refractivity contribution is -0.110. The van der Waals surface area contributed by atoms with E-state index in [0.717, 1.165) is 42.1 Å². The SMILES string of the molecule is Cl.O=C1Nc2ccc(CN3CCOC3=O)cc2C1=Cc1cc(CN2CCCCC2)c[nH]1. The van der Waals surface area contributed by atoms with Crippen molar-refractivity contribution >= 4 is 41.7 Å². The largest absolute Gasteiger partial charge is 0.448 e. The standard InChI is InChI=1S/C23H26N4O3.ClH/c28-22-20(12-18-10-17(13-24-18)14-26-6-2-1-3-7-26)19-11-16(4-5-21(19)25-22)15-27-8-9-30-23(27)29;/h4-5,10-13,24H,1-3,6-9,14-15H2,(H,25,28);1H. The number of amides is 2. The second kappa shape index (κ2) is 9.16. The number of halogens is 1. The van der Waals surface area contributed by atoms with Crippen LogP contribution < -0.4 is 5.32 Å². The number of hydrogen-bond donors (Lipinski definition) is 2. The van der Waals surface area contributed by atoms with Gasteiger partial charge in [-0.1, -0.05) is 12.5 Å². The van der Waals surface area contributed by atoms with Crippen LogP contribution in [0.2, 0.25) is 0 Å². The maximum Gasteiger partial charge on any atom is 0.410 e. The van der Waals surface area contributed by atoms with Crippen molar-refractivity contribution in [3.8, 4) is 0 Å². The van der Waals surface area contributed by atoms with Gasteiger partial charge in [0.15, 0.2) is 0 Å². The van der Waals surface area contributed by atoms with E-state index in [4.69, 9.17) is 4.74 Å². The molecule has 1 aromatic carbocycles. The number of hydrogen-bond acceptors (Lipinski definition) is 4. The Labute approximate surface area is 187 Å². The van der Waals surface area contributed by atoms with Crippen molar-refractivity contribution in [2.24, 2.45) is 0 Å². The first-order valence-electron chi connectivity index (χ1n) is 10.6. The summed E-state index contributed by atoms with van der Waals surface area (Å²) >= 11 is 0. The molecular weight excluding hydrogens is 416 g/mol. The van der Waals surface area contributed by atoms with Gasteiger partial charge >= 0.3 is 6.09 Å². The molecule has 0 spiro atoms. The number of benzene rings is 1. The van der Waals surface area contributed by atoms with Gasteiger partial charge in [-0.25, -0.2) is 4.79 Å². The van der Waals surface area contributed by atoms with Crippen LogP contribution in [0, 0.1) is 0 Å². The molecule has 0 unspecified atom stereocenters. The number of nitrogens with zero attached hydrogens (tertiary/aromatic N) is 2. The summed E-state index contributed by atoms with van der Waals surface area (Å²) in [6.07, 6.45) is 7.54. The van der Waals surface area contributed by atoms with E-state index in [1.165, 1.54) is 24.8 Å². The molecule has 7 nitrogen and oxygen atoms in total. The van der Waals surface area contributed by atoms with Gasteiger partial charge in [0.1, 0.15) is 6.61 Å². The van der Waals surface area contributed by atoms with Crippen LogP contribution in [-0.2, 0) is 22.6 Å². The van der Waals surface area contributed by atoms with Crippen LogP contribution in [0.5, 0.6) is 0 Å². The number of aromatic amines is 1. The van der Waals surface area contributed by atoms with E-state index in [1.807, 2.05) is 30.5 Å². The molecule has 3 aliphatic rings. The lowest BCUT2D eigenvalue weighted by Crippen LogP contribution is -2.28. The molecule has 31 heavy (non-hydrogen) atoms. The van der Waals surface area contributed by atoms with Gasteiger partial charge in [0, 0.05) is 36.2 Å². The Morgan fingerprint density at radius 2 is 1.84 bits per heavy atom. The topological polar surface area (TPSA) is 77.7 Å². The van der Waals surface area contributed by atoms with E-state index in [9.17, 15) is 9.59 Å². The summed E-state index contributed by atoms with van der Waals surface area (Å²) in [5.74, 6) is -0.102. The number of likely N-dealkylation sites (tertiary alicyclic amines) is 1. The van der Waals surface area contributed by atoms with Gasteiger partial charge in [0.2, 0.25) is 0 Å². The number of fused-ring (bicyclic) bond motifs is 1. The summed E-state index contributed by atoms with van der Waals surface area (Å²) in [5.41, 5.74) is 5.46. The Bertz CT molecular complexity index is 1010. The normalized spacial score (nSPS) is 19.9. The van der Waals surface area contributed by atoms with Crippen molar-refractivity contribution in [2.45, 2.75) is 32.4 Å². The minimum Gasteiger partial charge on any atom is -0.448 e. The summed E-state index contributed by atoms with van der Waals surface area (Å²) in [5, 5.41) is 2.94. The Hall–Kier alpha value is -2.77. The average molecular weight is 443 g/mol. The Morgan fingerprint density at radius 3 is 2.61 bits per heavy atom. The fourth-order valence-corrected chi connectivity index (χ4v) is 4.43. The average Bonchev–Trinajstić information content (AvgIpc) is 3.44. The summed E-state index contributed by atoms with van der Waals surface area (Å²) in [6, 6.07) is 7.96. The zero-order valence-corrected chi connectivity index (χ0v) is 18.2. The third-order valence-corrected chi connectivity index (χ3v) is 6.01. The smallest absolute Gasteiger partial charge is 0.410 e. The van der Waals surface area contributed by atoms with Crippen molar-refractivity contribution in [1.29, 1.82) is 0 Å². The third-order valence-electron chi connectivity index (χ3n) is 6.01. The second-order valence-electron chi connectivity index (χ2n) is 8.23. The van der Waals surface area contributed by atoms with Crippen LogP contribution in [0.3, 0.4) is 0 Å². The lowest BCUT2D eigenvalue weighted by atomic mass is 10.0. The maximum atomic E-state index is 12.6. The Kier molecular flexibility index (Phi) is 6.34. The summed E-state index contributed by atoms with van der Waals surface area (Å²) in [6.45, 7) is 4.77. The van der Waals surface area contributed by atoms with Crippen LogP contribution in [-0.4, -0.2) is 53.0 Å². The number of aromatic nitrogens is 1. The molecule has 0 bridgehead atoms. The van der Waals surface area contributed by atoms with E-state index in [1.54, 1.807) is 4.90 Å². The minimum atomic E-state index is -0.284. The molecule has 5 rings (SSSR count). The van der Waals surface area contributed by atoms with E-state index in [2.05, 4.69) is 21.3 Å². The van der Waals surface area contributed by atoms with Crippen LogP contribution in [0.4, 0.5) is 10.5 Å². The van der Waals surface area contributed by atoms with E-state index < -0.39 is 0 Å². The molecule has 3 aliphatic heterocycles. The van der Waals surface area contributed by atoms with Crippen molar-refractivity contribution in [1.82, 2.24) is 14.8 Å². The summed E-state index contributed by atoms with van der Waals surface area (Å²) in [4.78, 5) is 31.8. The molecule has 0 atom stereocenters. The molecule has 2 fully saturated rings. The number of H-pyrrole nitrogens is 1. The van der Waals surface area contributed by atoms with Crippen LogP contribution in [0.1, 0.15) is 41.6 Å². The number of ether oxygens (including phenoxy) is 1. The number of piperidine rings is 1. The van der Waals surface area contributed by atoms with E-state index in [-0.39, 0.29) is 24.4 Å². The van der Waals surface area contributed by atoms with Gasteiger partial charge in [0.05, 0.1) is 12.1 Å². The summed E-state index contributed by atoms with van der Waals surface area (Å²) < 4.78 is 5.01. The number of cyclic esters (lactones) is 1. The van der Waals surface area contributed by atoms with Gasteiger partial charge < -0.3 is 19.9 Å². The number of rotatable bonds is 5. The highest BCUT2D eigenvalue weighted by Gasteiger charge is 2.26. The van der Waals surface area contributed by atoms with Crippen LogP contribution in [0.25, 0.3) is 11.6 Å². The van der Waals surface area contributed by atoms with Gasteiger partial charge in [-0.15, -0.1) is 12.4 Å². The quantitative estimate of drug-likeness (QED) is 0.689. The first kappa shape index (κ1) is 21.5. The van der Waals surface area contributed by atoms with Gasteiger partial charge in [-0.05, 0) is 61.3 Å². The predicted molar refractivity (Wildman–Crippen MR) is 122 cm³/mol. The molecule has 8 heteroatoms. The Morgan fingerprint density at radius 1 is 1.00 bits per heavy atom. The number of nitrogens with one attached hydrogen (secondary N) is 2. The second-order valence-corrected chi connectivity index (χ2v) is 8.23. The van der Waals surface area contributed by atoms with E-state index >= 15 is 0 Å². The fraction of sp³-hybridized carbons (Fsp3) is 0.391. The zero-order chi connectivity index (χ0) is 20.5. The molecule has 0 saturated carbocycles. The molecule has 2 saturated heterocycles. The molecule has 2 aromatic rings. The summed E-state index contributed by atoms with van der Waals surface area (Å²) in [7, 11) is 0. The number of carbonyl (C=O) groups excluding carboxylic acids is 2. The van der Waals surface area contributed by atoms with Crippen molar-refractivity contribution in [3.63, 3.8) is 0 Å². The fourth-order valence-electron chi connectivity index (χ4n) is 4.43. The van der Waals surface area contributed by atoms with Gasteiger partial charge in [-0.3, -0.25) is 9.69 Å². The molecule has 0 aliphatic carbocycles. The zero-order valence-electron chi connectivity index (χ0n) is 17.4. The minimum absolute atomic E-state index is 0. The molecule has 4 heterocycles. The first-order chi connectivity index (χ1) is 14.7. The highest BCUT2D eigenvalue weighted by molar-refractivity contribution is 6.34. The first-order valence-corrected chi connectivity index (χ1v) is 10.6. The predicted octanol–water partition coefficient (Wildman–Crippen LogP) is 3.87. The molecule has 2 N–H and O–H groups in total. The highest BCUT2D eigenvalue weighted by atomic mass is 35.5. The van der Waals surface area contributed by atoms with E-state index in [0.29, 0.717) is 25.3 Å². The monoisotopic (exact) mass is 442 g/mol. The molecule has 1 aromatic heterocycles. The van der Waals surface area contributed by atoms with Crippen molar-refractivity contribution in [2.75, 3.05) is 31.6 Å². The van der Waals surface area contributed by atoms with Crippen molar-refractivity contribution < 1.29 is 14.3 Å². The molecule has 2 amide bonds. The van der Waals surface area contributed by atoms with Crippen molar-refractivity contribution in [3.05, 3.63) is 52.8 Å². The lowest BCUT2D eigenvalue weighted by Gasteiger charge is -2.25. The highest BCUT2D eigenvalue weighted by Crippen LogP contribution is 2.34.